The highest BCUT2D eigenvalue weighted by atomic mass is 19.1. The van der Waals surface area contributed by atoms with Crippen LogP contribution in [0.5, 0.6) is 0 Å². The number of hydrogen-bond acceptors (Lipinski definition) is 2. The van der Waals surface area contributed by atoms with E-state index in [1.807, 2.05) is 32.9 Å². The molecule has 2 aromatic rings. The number of aryl methyl sites for hydroxylation is 2. The maximum absolute atomic E-state index is 14.0. The van der Waals surface area contributed by atoms with Gasteiger partial charge in [-0.2, -0.15) is 0 Å². The zero-order valence-electron chi connectivity index (χ0n) is 11.0. The van der Waals surface area contributed by atoms with Gasteiger partial charge in [0.05, 0.1) is 12.3 Å². The molecule has 0 saturated carbocycles. The van der Waals surface area contributed by atoms with Gasteiger partial charge in [0.15, 0.2) is 0 Å². The number of benzene rings is 1. The Bertz CT molecular complexity index is 533. The fourth-order valence-corrected chi connectivity index (χ4v) is 2.11. The smallest absolute Gasteiger partial charge is 0.128 e. The monoisotopic (exact) mass is 247 g/mol. The second-order valence-corrected chi connectivity index (χ2v) is 4.48. The molecule has 0 saturated heterocycles. The molecule has 2 rings (SSSR count). The molecule has 3 heteroatoms. The zero-order valence-corrected chi connectivity index (χ0v) is 11.0. The van der Waals surface area contributed by atoms with Crippen molar-refractivity contribution in [2.45, 2.75) is 26.8 Å². The number of rotatable bonds is 4. The van der Waals surface area contributed by atoms with Crippen molar-refractivity contribution >= 4 is 0 Å². The lowest BCUT2D eigenvalue weighted by atomic mass is 9.99. The van der Waals surface area contributed by atoms with Crippen LogP contribution in [-0.2, 0) is 0 Å². The van der Waals surface area contributed by atoms with Crippen molar-refractivity contribution < 1.29 is 8.81 Å². The van der Waals surface area contributed by atoms with E-state index in [1.165, 1.54) is 6.07 Å². The van der Waals surface area contributed by atoms with Gasteiger partial charge >= 0.3 is 0 Å². The molecular weight excluding hydrogens is 229 g/mol. The second-order valence-electron chi connectivity index (χ2n) is 4.48. The molecule has 1 N–H and O–H groups in total. The van der Waals surface area contributed by atoms with E-state index in [2.05, 4.69) is 5.32 Å². The van der Waals surface area contributed by atoms with Crippen LogP contribution in [0.2, 0.25) is 0 Å². The molecule has 0 radical (unpaired) electrons. The van der Waals surface area contributed by atoms with Gasteiger partial charge in [-0.1, -0.05) is 24.6 Å². The van der Waals surface area contributed by atoms with Crippen molar-refractivity contribution in [2.75, 3.05) is 6.54 Å². The lowest BCUT2D eigenvalue weighted by Crippen LogP contribution is -2.23. The van der Waals surface area contributed by atoms with Gasteiger partial charge < -0.3 is 9.73 Å². The first-order valence-electron chi connectivity index (χ1n) is 6.17. The normalized spacial score (nSPS) is 12.7. The summed E-state index contributed by atoms with van der Waals surface area (Å²) >= 11 is 0. The van der Waals surface area contributed by atoms with E-state index in [1.54, 1.807) is 12.3 Å². The van der Waals surface area contributed by atoms with Crippen molar-refractivity contribution in [2.24, 2.45) is 0 Å². The third-order valence-electron chi connectivity index (χ3n) is 3.03. The number of halogens is 1. The average Bonchev–Trinajstić information content (AvgIpc) is 2.76. The first-order chi connectivity index (χ1) is 8.63. The Kier molecular flexibility index (Phi) is 3.82. The maximum Gasteiger partial charge on any atom is 0.128 e. The largest absolute Gasteiger partial charge is 0.467 e. The standard InChI is InChI=1S/C15H18FNO/c1-4-17-14(15-11(3)7-8-18-15)12-9-10(2)5-6-13(12)16/h5-9,14,17H,4H2,1-3H3. The summed E-state index contributed by atoms with van der Waals surface area (Å²) in [6, 6.07) is 6.81. The van der Waals surface area contributed by atoms with Crippen LogP contribution in [0, 0.1) is 19.7 Å². The molecule has 1 heterocycles. The molecule has 1 unspecified atom stereocenters. The molecule has 1 aromatic carbocycles. The van der Waals surface area contributed by atoms with E-state index >= 15 is 0 Å². The van der Waals surface area contributed by atoms with Crippen molar-refractivity contribution in [3.8, 4) is 0 Å². The van der Waals surface area contributed by atoms with Gasteiger partial charge in [0.1, 0.15) is 11.6 Å². The summed E-state index contributed by atoms with van der Waals surface area (Å²) in [4.78, 5) is 0. The molecule has 0 bridgehead atoms. The molecule has 0 aliphatic carbocycles. The molecule has 1 aromatic heterocycles. The minimum absolute atomic E-state index is 0.206. The van der Waals surface area contributed by atoms with Gasteiger partial charge in [0, 0.05) is 5.56 Å². The summed E-state index contributed by atoms with van der Waals surface area (Å²) in [7, 11) is 0. The highest BCUT2D eigenvalue weighted by molar-refractivity contribution is 5.34. The van der Waals surface area contributed by atoms with E-state index in [-0.39, 0.29) is 11.9 Å². The molecule has 2 nitrogen and oxygen atoms in total. The molecule has 0 aliphatic rings. The fourth-order valence-electron chi connectivity index (χ4n) is 2.11. The molecular formula is C15H18FNO. The van der Waals surface area contributed by atoms with Gasteiger partial charge in [-0.25, -0.2) is 4.39 Å². The minimum Gasteiger partial charge on any atom is -0.467 e. The van der Waals surface area contributed by atoms with Gasteiger partial charge in [0.25, 0.3) is 0 Å². The SMILES string of the molecule is CCNC(c1cc(C)ccc1F)c1occc1C. The molecule has 18 heavy (non-hydrogen) atoms. The second kappa shape index (κ2) is 5.36. The third-order valence-corrected chi connectivity index (χ3v) is 3.03. The minimum atomic E-state index is -0.232. The number of furan rings is 1. The lowest BCUT2D eigenvalue weighted by Gasteiger charge is -2.18. The quantitative estimate of drug-likeness (QED) is 0.890. The average molecular weight is 247 g/mol. The van der Waals surface area contributed by atoms with Crippen molar-refractivity contribution in [3.63, 3.8) is 0 Å². The summed E-state index contributed by atoms with van der Waals surface area (Å²) < 4.78 is 19.5. The predicted octanol–water partition coefficient (Wildman–Crippen LogP) is 3.73. The first kappa shape index (κ1) is 12.8. The maximum atomic E-state index is 14.0. The van der Waals surface area contributed by atoms with Gasteiger partial charge in [-0.05, 0) is 38.1 Å². The van der Waals surface area contributed by atoms with E-state index in [4.69, 9.17) is 4.42 Å². The van der Waals surface area contributed by atoms with Crippen LogP contribution in [0.25, 0.3) is 0 Å². The van der Waals surface area contributed by atoms with Crippen molar-refractivity contribution in [3.05, 3.63) is 58.8 Å². The van der Waals surface area contributed by atoms with Crippen LogP contribution in [0.4, 0.5) is 4.39 Å². The van der Waals surface area contributed by atoms with E-state index in [0.29, 0.717) is 5.56 Å². The fraction of sp³-hybridized carbons (Fsp3) is 0.333. The molecule has 1 atom stereocenters. The molecule has 0 aliphatic heterocycles. The van der Waals surface area contributed by atoms with Crippen LogP contribution in [0.1, 0.15) is 35.4 Å². The molecule has 0 spiro atoms. The summed E-state index contributed by atoms with van der Waals surface area (Å²) in [5.41, 5.74) is 2.70. The molecule has 0 amide bonds. The number of hydrogen-bond donors (Lipinski definition) is 1. The van der Waals surface area contributed by atoms with Crippen LogP contribution >= 0.6 is 0 Å². The summed E-state index contributed by atoms with van der Waals surface area (Å²) in [6.07, 6.45) is 1.64. The van der Waals surface area contributed by atoms with Gasteiger partial charge in [0.2, 0.25) is 0 Å². The van der Waals surface area contributed by atoms with E-state index in [9.17, 15) is 4.39 Å². The van der Waals surface area contributed by atoms with Crippen LogP contribution < -0.4 is 5.32 Å². The van der Waals surface area contributed by atoms with Crippen LogP contribution in [-0.4, -0.2) is 6.54 Å². The van der Waals surface area contributed by atoms with E-state index < -0.39 is 0 Å². The number of nitrogens with one attached hydrogen (secondary N) is 1. The van der Waals surface area contributed by atoms with Crippen LogP contribution in [0.3, 0.4) is 0 Å². The Morgan fingerprint density at radius 1 is 1.28 bits per heavy atom. The Balaban J connectivity index is 2.48. The highest BCUT2D eigenvalue weighted by Crippen LogP contribution is 2.28. The summed E-state index contributed by atoms with van der Waals surface area (Å²) in [5.74, 6) is 0.573. The van der Waals surface area contributed by atoms with Gasteiger partial charge in [-0.3, -0.25) is 0 Å². The Morgan fingerprint density at radius 3 is 2.67 bits per heavy atom. The predicted molar refractivity (Wildman–Crippen MR) is 70.1 cm³/mol. The Morgan fingerprint density at radius 2 is 2.06 bits per heavy atom. The van der Waals surface area contributed by atoms with Crippen molar-refractivity contribution in [1.82, 2.24) is 5.32 Å². The van der Waals surface area contributed by atoms with E-state index in [0.717, 1.165) is 23.4 Å². The molecule has 96 valence electrons. The summed E-state index contributed by atoms with van der Waals surface area (Å²) in [6.45, 7) is 6.68. The lowest BCUT2D eigenvalue weighted by molar-refractivity contribution is 0.439. The Hall–Kier alpha value is -1.61. The van der Waals surface area contributed by atoms with Crippen LogP contribution in [0.15, 0.2) is 34.9 Å². The first-order valence-corrected chi connectivity index (χ1v) is 6.17. The topological polar surface area (TPSA) is 25.2 Å². The third kappa shape index (κ3) is 2.46. The molecule has 0 fully saturated rings. The Labute approximate surface area is 107 Å². The zero-order chi connectivity index (χ0) is 13.1. The highest BCUT2D eigenvalue weighted by Gasteiger charge is 2.21. The summed E-state index contributed by atoms with van der Waals surface area (Å²) in [5, 5.41) is 3.28. The van der Waals surface area contributed by atoms with Crippen molar-refractivity contribution in [1.29, 1.82) is 0 Å². The van der Waals surface area contributed by atoms with Gasteiger partial charge in [-0.15, -0.1) is 0 Å².